The van der Waals surface area contributed by atoms with Gasteiger partial charge in [-0.2, -0.15) is 0 Å². The van der Waals surface area contributed by atoms with E-state index >= 15 is 0 Å². The van der Waals surface area contributed by atoms with Gasteiger partial charge in [0, 0.05) is 5.54 Å². The van der Waals surface area contributed by atoms with Crippen LogP contribution in [0.3, 0.4) is 0 Å². The summed E-state index contributed by atoms with van der Waals surface area (Å²) in [7, 11) is 0. The molecule has 1 aliphatic heterocycles. The number of carbonyl (C=O) groups excluding carboxylic acids is 2. The van der Waals surface area contributed by atoms with E-state index in [9.17, 15) is 24.9 Å². The maximum absolute atomic E-state index is 11.8. The van der Waals surface area contributed by atoms with Gasteiger partial charge in [-0.15, -0.1) is 0 Å². The average molecular weight is 394 g/mol. The molecule has 0 aromatic rings. The monoisotopic (exact) mass is 394 g/mol. The van der Waals surface area contributed by atoms with Gasteiger partial charge in [-0.1, -0.05) is 0 Å². The van der Waals surface area contributed by atoms with Crippen LogP contribution in [0.5, 0.6) is 0 Å². The van der Waals surface area contributed by atoms with Crippen LogP contribution in [0.25, 0.3) is 0 Å². The van der Waals surface area contributed by atoms with Gasteiger partial charge in [0.1, 0.15) is 37.6 Å². The summed E-state index contributed by atoms with van der Waals surface area (Å²) in [4.78, 5) is 23.3. The van der Waals surface area contributed by atoms with Gasteiger partial charge >= 0.3 is 0 Å². The fraction of sp³-hybridized carbons (Fsp3) is 0.875. The first-order valence-electron chi connectivity index (χ1n) is 8.61. The van der Waals surface area contributed by atoms with Gasteiger partial charge in [0.25, 0.3) is 0 Å². The third-order valence-corrected chi connectivity index (χ3v) is 3.58. The van der Waals surface area contributed by atoms with Gasteiger partial charge < -0.3 is 45.3 Å². The summed E-state index contributed by atoms with van der Waals surface area (Å²) in [6, 6.07) is -1.27. The highest BCUT2D eigenvalue weighted by atomic mass is 16.6. The zero-order valence-electron chi connectivity index (χ0n) is 15.8. The quantitative estimate of drug-likeness (QED) is 0.221. The molecule has 0 aromatic heterocycles. The lowest BCUT2D eigenvalue weighted by Gasteiger charge is -2.40. The van der Waals surface area contributed by atoms with Crippen LogP contribution < -0.4 is 10.6 Å². The number of hydrogen-bond acceptors (Lipinski definition) is 9. The first-order valence-corrected chi connectivity index (χ1v) is 8.61. The Labute approximate surface area is 157 Å². The Bertz CT molecular complexity index is 483. The van der Waals surface area contributed by atoms with E-state index in [0.29, 0.717) is 0 Å². The molecule has 1 aliphatic rings. The molecule has 0 aliphatic carbocycles. The first-order chi connectivity index (χ1) is 12.5. The second kappa shape index (κ2) is 10.9. The topological polar surface area (TPSA) is 167 Å². The predicted molar refractivity (Wildman–Crippen MR) is 91.4 cm³/mol. The minimum absolute atomic E-state index is 0.0533. The summed E-state index contributed by atoms with van der Waals surface area (Å²) in [6.45, 7) is 4.59. The number of aliphatic hydroxyl groups is 4. The Morgan fingerprint density at radius 2 is 1.56 bits per heavy atom. The van der Waals surface area contributed by atoms with Crippen LogP contribution in [0.2, 0.25) is 0 Å². The molecule has 1 fully saturated rings. The van der Waals surface area contributed by atoms with Crippen LogP contribution in [0.15, 0.2) is 0 Å². The number of aliphatic hydroxyl groups excluding tert-OH is 4. The number of amides is 2. The molecule has 1 saturated heterocycles. The molecule has 1 unspecified atom stereocenters. The third-order valence-electron chi connectivity index (χ3n) is 3.58. The van der Waals surface area contributed by atoms with E-state index in [0.717, 1.165) is 0 Å². The summed E-state index contributed by atoms with van der Waals surface area (Å²) in [5, 5.41) is 43.4. The number of nitrogens with one attached hydrogen (secondary N) is 2. The van der Waals surface area contributed by atoms with Crippen molar-refractivity contribution in [3.05, 3.63) is 0 Å². The van der Waals surface area contributed by atoms with Gasteiger partial charge in [0.2, 0.25) is 11.8 Å². The van der Waals surface area contributed by atoms with Crippen molar-refractivity contribution in [3.8, 4) is 0 Å². The largest absolute Gasteiger partial charge is 0.394 e. The van der Waals surface area contributed by atoms with Gasteiger partial charge in [0.05, 0.1) is 19.8 Å². The molecule has 0 spiro atoms. The summed E-state index contributed by atoms with van der Waals surface area (Å²) >= 11 is 0. The lowest BCUT2D eigenvalue weighted by molar-refractivity contribution is -0.254. The Balaban J connectivity index is 2.21. The predicted octanol–water partition coefficient (Wildman–Crippen LogP) is -3.15. The molecular weight excluding hydrogens is 364 g/mol. The Morgan fingerprint density at radius 3 is 2.07 bits per heavy atom. The van der Waals surface area contributed by atoms with E-state index in [1.54, 1.807) is 0 Å². The molecule has 0 aromatic carbocycles. The van der Waals surface area contributed by atoms with E-state index in [1.807, 2.05) is 20.8 Å². The highest BCUT2D eigenvalue weighted by Crippen LogP contribution is 2.19. The maximum atomic E-state index is 11.8. The molecule has 0 saturated carbocycles. The summed E-state index contributed by atoms with van der Waals surface area (Å²) in [6.07, 6.45) is -5.71. The molecule has 2 amide bonds. The van der Waals surface area contributed by atoms with Crippen LogP contribution in [0.4, 0.5) is 0 Å². The zero-order valence-corrected chi connectivity index (χ0v) is 15.8. The molecule has 11 heteroatoms. The minimum atomic E-state index is -1.59. The van der Waals surface area contributed by atoms with Gasteiger partial charge in [-0.3, -0.25) is 9.59 Å². The fourth-order valence-corrected chi connectivity index (χ4v) is 2.38. The van der Waals surface area contributed by atoms with Gasteiger partial charge in [-0.25, -0.2) is 0 Å². The van der Waals surface area contributed by atoms with Crippen molar-refractivity contribution in [2.75, 3.05) is 33.0 Å². The molecule has 0 radical (unpaired) electrons. The summed E-state index contributed by atoms with van der Waals surface area (Å²) in [5.41, 5.74) is -0.349. The van der Waals surface area contributed by atoms with Crippen LogP contribution in [0.1, 0.15) is 20.8 Å². The zero-order chi connectivity index (χ0) is 20.6. The highest BCUT2D eigenvalue weighted by molar-refractivity contribution is 5.78. The van der Waals surface area contributed by atoms with E-state index in [4.69, 9.17) is 19.3 Å². The van der Waals surface area contributed by atoms with Crippen molar-refractivity contribution in [2.24, 2.45) is 0 Å². The molecule has 11 nitrogen and oxygen atoms in total. The number of ether oxygens (including phenoxy) is 3. The van der Waals surface area contributed by atoms with Crippen molar-refractivity contribution < 1.29 is 44.2 Å². The Hall–Kier alpha value is -1.34. The van der Waals surface area contributed by atoms with Crippen molar-refractivity contribution >= 4 is 11.8 Å². The number of rotatable bonds is 9. The second-order valence-corrected chi connectivity index (χ2v) is 7.23. The smallest absolute Gasteiger partial charge is 0.246 e. The molecule has 1 heterocycles. The lowest BCUT2D eigenvalue weighted by atomic mass is 9.97. The summed E-state index contributed by atoms with van der Waals surface area (Å²) < 4.78 is 15.1. The molecule has 6 N–H and O–H groups in total. The van der Waals surface area contributed by atoms with E-state index in [1.165, 1.54) is 0 Å². The van der Waals surface area contributed by atoms with Gasteiger partial charge in [-0.05, 0) is 20.8 Å². The van der Waals surface area contributed by atoms with E-state index in [-0.39, 0.29) is 37.9 Å². The second-order valence-electron chi connectivity index (χ2n) is 7.23. The molecule has 1 rings (SSSR count). The maximum Gasteiger partial charge on any atom is 0.246 e. The molecular formula is C16H30N2O9. The van der Waals surface area contributed by atoms with Gasteiger partial charge in [0.15, 0.2) is 6.29 Å². The molecule has 5 atom stereocenters. The van der Waals surface area contributed by atoms with Crippen molar-refractivity contribution in [1.29, 1.82) is 0 Å². The Morgan fingerprint density at radius 1 is 1.00 bits per heavy atom. The van der Waals surface area contributed by atoms with Crippen LogP contribution >= 0.6 is 0 Å². The first kappa shape index (κ1) is 23.7. The minimum Gasteiger partial charge on any atom is -0.394 e. The molecule has 0 bridgehead atoms. The van der Waals surface area contributed by atoms with Crippen molar-refractivity contribution in [3.63, 3.8) is 0 Å². The summed E-state index contributed by atoms with van der Waals surface area (Å²) in [5.74, 6) is -0.915. The van der Waals surface area contributed by atoms with E-state index < -0.39 is 43.2 Å². The highest BCUT2D eigenvalue weighted by Gasteiger charge is 2.44. The normalized spacial score (nSPS) is 28.6. The van der Waals surface area contributed by atoms with Crippen LogP contribution in [0, 0.1) is 0 Å². The number of carbonyl (C=O) groups is 2. The van der Waals surface area contributed by atoms with Crippen LogP contribution in [-0.2, 0) is 23.8 Å². The van der Waals surface area contributed by atoms with Crippen LogP contribution in [-0.4, -0.2) is 101 Å². The standard InChI is InChI=1S/C16H30N2O9/c1-16(2,3)18-11(21)8-26-5-4-25-7-10(20)17-12-14(23)13(22)9(6-19)27-15(12)24/h9,12-15,19,22-24H,4-8H2,1-3H3,(H,17,20)(H,18,21)/t9-,12-,13-,14+,15?/m0/s1. The number of hydrogen-bond donors (Lipinski definition) is 6. The SMILES string of the molecule is CC(C)(C)NC(=O)COCCOCC(=O)N[C@@H]1C(O)O[C@@H](CO)[C@H](O)[C@@H]1O. The molecule has 158 valence electrons. The third kappa shape index (κ3) is 8.47. The van der Waals surface area contributed by atoms with Crippen molar-refractivity contribution in [1.82, 2.24) is 10.6 Å². The fourth-order valence-electron chi connectivity index (χ4n) is 2.38. The van der Waals surface area contributed by atoms with Crippen molar-refractivity contribution in [2.45, 2.75) is 57.0 Å². The Kier molecular flexibility index (Phi) is 9.53. The van der Waals surface area contributed by atoms with E-state index in [2.05, 4.69) is 10.6 Å². The average Bonchev–Trinajstić information content (AvgIpc) is 2.56. The molecule has 27 heavy (non-hydrogen) atoms. The lowest BCUT2D eigenvalue weighted by Crippen LogP contribution is -2.64.